The molecular formula is C25H12F12O4P-. The van der Waals surface area contributed by atoms with E-state index < -0.39 is 81.1 Å². The molecule has 3 heterocycles. The van der Waals surface area contributed by atoms with E-state index in [0.29, 0.717) is 30.3 Å². The maximum absolute atomic E-state index is 14.9. The van der Waals surface area contributed by atoms with Crippen molar-refractivity contribution in [3.05, 3.63) is 89.5 Å². The Hall–Kier alpha value is -3.36. The fourth-order valence-corrected chi connectivity index (χ4v) is 14.1. The predicted molar refractivity (Wildman–Crippen MR) is 120 cm³/mol. The van der Waals surface area contributed by atoms with Crippen LogP contribution in [0, 0.1) is 0 Å². The first-order chi connectivity index (χ1) is 19.1. The van der Waals surface area contributed by atoms with Crippen LogP contribution < -0.4 is 15.9 Å². The van der Waals surface area contributed by atoms with Crippen molar-refractivity contribution in [2.75, 3.05) is 0 Å². The van der Waals surface area contributed by atoms with Gasteiger partial charge in [0, 0.05) is 0 Å². The second kappa shape index (κ2) is 7.22. The molecule has 0 saturated carbocycles. The number of alkyl halides is 12. The van der Waals surface area contributed by atoms with Gasteiger partial charge in [-0.2, -0.15) is 0 Å². The van der Waals surface area contributed by atoms with Gasteiger partial charge < -0.3 is 0 Å². The predicted octanol–water partition coefficient (Wildman–Crippen LogP) is 6.67. The van der Waals surface area contributed by atoms with Crippen molar-refractivity contribution >= 4 is 28.5 Å². The summed E-state index contributed by atoms with van der Waals surface area (Å²) in [6.07, 6.45) is -26.4. The molecule has 226 valence electrons. The molecule has 0 N–H and O–H groups in total. The fraction of sp³-hybridized carbons (Fsp3) is 0.240. The summed E-state index contributed by atoms with van der Waals surface area (Å²) >= 11 is 0. The van der Waals surface area contributed by atoms with Crippen LogP contribution in [-0.2, 0) is 24.8 Å². The van der Waals surface area contributed by atoms with E-state index in [4.69, 9.17) is 13.6 Å². The summed E-state index contributed by atoms with van der Waals surface area (Å²) in [6.45, 7) is -8.57. The van der Waals surface area contributed by atoms with Crippen molar-refractivity contribution < 1.29 is 71.1 Å². The molecule has 17 heteroatoms. The normalized spacial score (nSPS) is 24.1. The van der Waals surface area contributed by atoms with Crippen molar-refractivity contribution in [1.29, 1.82) is 0 Å². The maximum atomic E-state index is 14.9. The van der Waals surface area contributed by atoms with Crippen LogP contribution in [0.3, 0.4) is 0 Å². The van der Waals surface area contributed by atoms with Crippen molar-refractivity contribution in [2.45, 2.75) is 35.9 Å². The molecule has 0 fully saturated rings. The molecule has 1 spiro atoms. The average molecular weight is 635 g/mol. The number of hydrogen-bond acceptors (Lipinski definition) is 4. The summed E-state index contributed by atoms with van der Waals surface area (Å²) in [5.41, 5.74) is -16.1. The van der Waals surface area contributed by atoms with E-state index in [1.807, 2.05) is 0 Å². The molecule has 42 heavy (non-hydrogen) atoms. The number of benzene rings is 3. The van der Waals surface area contributed by atoms with E-state index in [2.05, 4.69) is 0 Å². The third-order valence-electron chi connectivity index (χ3n) is 7.89. The molecule has 0 aromatic heterocycles. The van der Waals surface area contributed by atoms with Crippen LogP contribution >= 0.6 is 6.63 Å². The molecule has 0 unspecified atom stereocenters. The first kappa shape index (κ1) is 28.7. The Kier molecular flexibility index (Phi) is 4.94. The van der Waals surface area contributed by atoms with Gasteiger partial charge in [-0.3, -0.25) is 0 Å². The van der Waals surface area contributed by atoms with Gasteiger partial charge in [0.15, 0.2) is 0 Å². The van der Waals surface area contributed by atoms with Crippen LogP contribution in [0.5, 0.6) is 0 Å². The molecule has 3 aromatic carbocycles. The van der Waals surface area contributed by atoms with Gasteiger partial charge in [-0.05, 0) is 0 Å². The van der Waals surface area contributed by atoms with Crippen LogP contribution in [-0.4, -0.2) is 30.7 Å². The van der Waals surface area contributed by atoms with Gasteiger partial charge in [0.05, 0.1) is 0 Å². The molecule has 0 saturated heterocycles. The second-order valence-corrected chi connectivity index (χ2v) is 14.6. The SMILES string of the molecule is O=C1O[P-]23(OC(C(F)(F)F)(C(F)(F)F)c4ccccc42)(OC(C(F)(F)F)(C(F)(F)F)c2ccccc23)c2ccccc21. The number of halogens is 12. The Bertz CT molecular complexity index is 1590. The molecule has 3 aromatic rings. The third kappa shape index (κ3) is 2.57. The zero-order chi connectivity index (χ0) is 31.1. The van der Waals surface area contributed by atoms with E-state index in [9.17, 15) is 57.5 Å². The summed E-state index contributed by atoms with van der Waals surface area (Å²) < 4.78 is 194. The molecule has 0 aliphatic carbocycles. The van der Waals surface area contributed by atoms with E-state index in [-0.39, 0.29) is 12.1 Å². The topological polar surface area (TPSA) is 44.8 Å². The molecule has 0 bridgehead atoms. The summed E-state index contributed by atoms with van der Waals surface area (Å²) in [5.74, 6) is -1.87. The van der Waals surface area contributed by atoms with Crippen molar-refractivity contribution in [3.63, 3.8) is 0 Å². The van der Waals surface area contributed by atoms with Gasteiger partial charge >= 0.3 is 225 Å². The molecule has 4 nitrogen and oxygen atoms in total. The Morgan fingerprint density at radius 3 is 1.21 bits per heavy atom. The third-order valence-corrected chi connectivity index (χ3v) is 14.3. The Morgan fingerprint density at radius 1 is 0.500 bits per heavy atom. The quantitative estimate of drug-likeness (QED) is 0.205. The van der Waals surface area contributed by atoms with E-state index >= 15 is 0 Å². The molecule has 0 amide bonds. The standard InChI is InChI=1S/C25H12F12O4P/c26-22(27,28)20(23(29,30)31)14-8-2-5-11-17(14)42(40-20,16-10-4-1-7-13(16)19(38)39-42)18-12-6-3-9-15(18)21(41-42,24(32,33)34)25(35,36)37/h1-12H/q-1. The van der Waals surface area contributed by atoms with Crippen molar-refractivity contribution in [2.24, 2.45) is 0 Å². The zero-order valence-electron chi connectivity index (χ0n) is 20.0. The molecule has 3 aliphatic heterocycles. The summed E-state index contributed by atoms with van der Waals surface area (Å²) in [7, 11) is 0. The van der Waals surface area contributed by atoms with Gasteiger partial charge in [-0.1, -0.05) is 0 Å². The van der Waals surface area contributed by atoms with E-state index in [1.165, 1.54) is 0 Å². The van der Waals surface area contributed by atoms with E-state index in [1.54, 1.807) is 0 Å². The Morgan fingerprint density at radius 2 is 0.833 bits per heavy atom. The monoisotopic (exact) mass is 635 g/mol. The number of hydrogen-bond donors (Lipinski definition) is 0. The van der Waals surface area contributed by atoms with Gasteiger partial charge in [0.25, 0.3) is 0 Å². The van der Waals surface area contributed by atoms with Gasteiger partial charge in [-0.25, -0.2) is 0 Å². The second-order valence-electron chi connectivity index (χ2n) is 9.85. The van der Waals surface area contributed by atoms with Crippen LogP contribution in [0.15, 0.2) is 72.8 Å². The van der Waals surface area contributed by atoms with Gasteiger partial charge in [-0.15, -0.1) is 0 Å². The van der Waals surface area contributed by atoms with Gasteiger partial charge in [0.2, 0.25) is 0 Å². The average Bonchev–Trinajstić information content (AvgIpc) is 3.39. The minimum absolute atomic E-state index is 0.176. The number of rotatable bonds is 0. The molecule has 3 aliphatic rings. The van der Waals surface area contributed by atoms with Crippen LogP contribution in [0.4, 0.5) is 52.7 Å². The summed E-state index contributed by atoms with van der Waals surface area (Å²) in [5, 5.41) is -4.45. The van der Waals surface area contributed by atoms with Crippen LogP contribution in [0.1, 0.15) is 21.5 Å². The van der Waals surface area contributed by atoms with Crippen molar-refractivity contribution in [1.82, 2.24) is 0 Å². The number of fused-ring (bicyclic) bond motifs is 3. The summed E-state index contributed by atoms with van der Waals surface area (Å²) in [6, 6.07) is 7.09. The summed E-state index contributed by atoms with van der Waals surface area (Å²) in [4.78, 5) is 13.3. The molecule has 6 rings (SSSR count). The Balaban J connectivity index is 2.01. The zero-order valence-corrected chi connectivity index (χ0v) is 20.9. The minimum atomic E-state index is -8.57. The van der Waals surface area contributed by atoms with Gasteiger partial charge in [0.1, 0.15) is 0 Å². The number of carbonyl (C=O) groups is 1. The Labute approximate surface area is 225 Å². The number of carbonyl (C=O) groups excluding carboxylic acids is 1. The molecular weight excluding hydrogens is 623 g/mol. The van der Waals surface area contributed by atoms with Crippen LogP contribution in [0.25, 0.3) is 0 Å². The fourth-order valence-electron chi connectivity index (χ4n) is 6.49. The molecule has 0 atom stereocenters. The van der Waals surface area contributed by atoms with Crippen molar-refractivity contribution in [3.8, 4) is 0 Å². The van der Waals surface area contributed by atoms with Crippen LogP contribution in [0.2, 0.25) is 0 Å². The molecule has 0 radical (unpaired) electrons. The first-order valence-electron chi connectivity index (χ1n) is 11.5. The van der Waals surface area contributed by atoms with E-state index in [0.717, 1.165) is 30.3 Å². The first-order valence-corrected chi connectivity index (χ1v) is 14.0.